The van der Waals surface area contributed by atoms with Crippen LogP contribution in [0.5, 0.6) is 0 Å². The lowest BCUT2D eigenvalue weighted by Gasteiger charge is -2.22. The SMILES string of the molecule is COC(=O)C1=C(C(=O)OC)[C@@H]2O[C@H]1C1=C2C=CC(C)=C2C=C(C(C)C)C=CC(C)=C21. The second-order valence-corrected chi connectivity index (χ2v) is 8.20. The second kappa shape index (κ2) is 7.40. The summed E-state index contributed by atoms with van der Waals surface area (Å²) in [6, 6.07) is 0. The first kappa shape index (κ1) is 20.4. The predicted octanol–water partition coefficient (Wildman–Crippen LogP) is 4.06. The molecule has 156 valence electrons. The molecule has 2 aliphatic heterocycles. The van der Waals surface area contributed by atoms with Crippen LogP contribution in [-0.2, 0) is 23.8 Å². The summed E-state index contributed by atoms with van der Waals surface area (Å²) in [5.74, 6) is -0.752. The van der Waals surface area contributed by atoms with Crippen LogP contribution in [0.2, 0.25) is 0 Å². The molecule has 2 heterocycles. The molecule has 0 fully saturated rings. The van der Waals surface area contributed by atoms with E-state index in [1.807, 2.05) is 6.08 Å². The van der Waals surface area contributed by atoms with Crippen LogP contribution in [0, 0.1) is 5.92 Å². The average molecular weight is 406 g/mol. The van der Waals surface area contributed by atoms with Crippen molar-refractivity contribution in [2.75, 3.05) is 14.2 Å². The van der Waals surface area contributed by atoms with Crippen LogP contribution >= 0.6 is 0 Å². The van der Waals surface area contributed by atoms with E-state index in [1.54, 1.807) is 0 Å². The fraction of sp³-hybridized carbons (Fsp3) is 0.360. The van der Waals surface area contributed by atoms with Crippen molar-refractivity contribution in [2.45, 2.75) is 39.9 Å². The Balaban J connectivity index is 1.94. The summed E-state index contributed by atoms with van der Waals surface area (Å²) < 4.78 is 16.1. The first-order valence-electron chi connectivity index (χ1n) is 10.1. The zero-order valence-electron chi connectivity index (χ0n) is 18.2. The molecule has 0 saturated heterocycles. The Morgan fingerprint density at radius 2 is 1.50 bits per heavy atom. The maximum atomic E-state index is 12.6. The van der Waals surface area contributed by atoms with Crippen molar-refractivity contribution in [1.29, 1.82) is 0 Å². The van der Waals surface area contributed by atoms with Gasteiger partial charge in [0.15, 0.2) is 0 Å². The average Bonchev–Trinajstić information content (AvgIpc) is 3.17. The van der Waals surface area contributed by atoms with Crippen molar-refractivity contribution in [1.82, 2.24) is 0 Å². The minimum Gasteiger partial charge on any atom is -0.466 e. The van der Waals surface area contributed by atoms with Gasteiger partial charge >= 0.3 is 11.9 Å². The number of hydrogen-bond acceptors (Lipinski definition) is 5. The van der Waals surface area contributed by atoms with E-state index in [9.17, 15) is 9.59 Å². The van der Waals surface area contributed by atoms with Gasteiger partial charge in [0.2, 0.25) is 0 Å². The number of esters is 2. The van der Waals surface area contributed by atoms with E-state index in [4.69, 9.17) is 14.2 Å². The zero-order chi connectivity index (χ0) is 21.7. The Kier molecular flexibility index (Phi) is 5.02. The lowest BCUT2D eigenvalue weighted by atomic mass is 9.79. The Labute approximate surface area is 176 Å². The lowest BCUT2D eigenvalue weighted by Crippen LogP contribution is -2.26. The molecule has 0 saturated carbocycles. The first-order valence-corrected chi connectivity index (χ1v) is 10.1. The van der Waals surface area contributed by atoms with Gasteiger partial charge in [0.1, 0.15) is 12.2 Å². The molecule has 0 aromatic heterocycles. The van der Waals surface area contributed by atoms with Gasteiger partial charge in [-0.1, -0.05) is 44.2 Å². The predicted molar refractivity (Wildman–Crippen MR) is 113 cm³/mol. The van der Waals surface area contributed by atoms with Gasteiger partial charge in [-0.3, -0.25) is 0 Å². The van der Waals surface area contributed by atoms with Crippen molar-refractivity contribution in [2.24, 2.45) is 5.92 Å². The van der Waals surface area contributed by atoms with Crippen LogP contribution in [0.25, 0.3) is 0 Å². The highest BCUT2D eigenvalue weighted by atomic mass is 16.5. The first-order chi connectivity index (χ1) is 14.3. The van der Waals surface area contributed by atoms with E-state index in [-0.39, 0.29) is 11.1 Å². The third-order valence-corrected chi connectivity index (χ3v) is 6.13. The van der Waals surface area contributed by atoms with Crippen LogP contribution in [0.3, 0.4) is 0 Å². The van der Waals surface area contributed by atoms with Crippen LogP contribution in [0.4, 0.5) is 0 Å². The monoisotopic (exact) mass is 406 g/mol. The van der Waals surface area contributed by atoms with E-state index in [1.165, 1.54) is 19.8 Å². The van der Waals surface area contributed by atoms with Gasteiger partial charge in [0, 0.05) is 0 Å². The van der Waals surface area contributed by atoms with Crippen molar-refractivity contribution in [3.63, 3.8) is 0 Å². The quantitative estimate of drug-likeness (QED) is 0.662. The highest BCUT2D eigenvalue weighted by Crippen LogP contribution is 2.51. The third kappa shape index (κ3) is 2.88. The maximum Gasteiger partial charge on any atom is 0.337 e. The summed E-state index contributed by atoms with van der Waals surface area (Å²) in [7, 11) is 2.61. The number of methoxy groups -OCH3 is 2. The molecule has 0 radical (unpaired) electrons. The number of carbonyl (C=O) groups is 2. The molecule has 0 aromatic rings. The van der Waals surface area contributed by atoms with Crippen LogP contribution in [-0.4, -0.2) is 38.4 Å². The van der Waals surface area contributed by atoms with Gasteiger partial charge in [-0.15, -0.1) is 0 Å². The highest BCUT2D eigenvalue weighted by Gasteiger charge is 2.52. The van der Waals surface area contributed by atoms with E-state index < -0.39 is 24.1 Å². The number of hydrogen-bond donors (Lipinski definition) is 0. The van der Waals surface area contributed by atoms with E-state index in [2.05, 4.69) is 52.0 Å². The molecule has 5 nitrogen and oxygen atoms in total. The number of fused-ring (bicyclic) bond motifs is 6. The Hall–Kier alpha value is -2.92. The number of rotatable bonds is 3. The summed E-state index contributed by atoms with van der Waals surface area (Å²) in [5, 5.41) is 0. The van der Waals surface area contributed by atoms with Gasteiger partial charge < -0.3 is 14.2 Å². The molecule has 2 aliphatic carbocycles. The molecule has 0 amide bonds. The molecular weight excluding hydrogens is 380 g/mol. The van der Waals surface area contributed by atoms with E-state index in [0.717, 1.165) is 33.4 Å². The number of carbonyl (C=O) groups excluding carboxylic acids is 2. The van der Waals surface area contributed by atoms with Crippen molar-refractivity contribution in [3.05, 3.63) is 80.5 Å². The molecule has 2 atom stereocenters. The molecule has 0 unspecified atom stereocenters. The van der Waals surface area contributed by atoms with Gasteiger partial charge in [-0.2, -0.15) is 0 Å². The van der Waals surface area contributed by atoms with Crippen LogP contribution in [0.15, 0.2) is 80.5 Å². The van der Waals surface area contributed by atoms with Gasteiger partial charge in [-0.25, -0.2) is 9.59 Å². The molecule has 2 bridgehead atoms. The normalized spacial score (nSPS) is 24.8. The summed E-state index contributed by atoms with van der Waals surface area (Å²) in [6.45, 7) is 8.50. The third-order valence-electron chi connectivity index (χ3n) is 6.13. The molecule has 5 heteroatoms. The van der Waals surface area contributed by atoms with E-state index in [0.29, 0.717) is 5.92 Å². The summed E-state index contributed by atoms with van der Waals surface area (Å²) in [6.07, 6.45) is 9.24. The molecule has 4 rings (SSSR count). The summed E-state index contributed by atoms with van der Waals surface area (Å²) in [4.78, 5) is 25.2. The maximum absolute atomic E-state index is 12.6. The van der Waals surface area contributed by atoms with Gasteiger partial charge in [0.05, 0.1) is 25.4 Å². The van der Waals surface area contributed by atoms with Crippen LogP contribution in [0.1, 0.15) is 27.7 Å². The smallest absolute Gasteiger partial charge is 0.337 e. The molecule has 0 N–H and O–H groups in total. The van der Waals surface area contributed by atoms with E-state index >= 15 is 0 Å². The Morgan fingerprint density at radius 3 is 2.10 bits per heavy atom. The topological polar surface area (TPSA) is 61.8 Å². The Bertz CT molecular complexity index is 1070. The number of allylic oxidation sites excluding steroid dienone is 8. The zero-order valence-corrected chi connectivity index (χ0v) is 18.2. The summed E-state index contributed by atoms with van der Waals surface area (Å²) in [5.41, 5.74) is 7.92. The highest BCUT2D eigenvalue weighted by molar-refractivity contribution is 6.05. The lowest BCUT2D eigenvalue weighted by molar-refractivity contribution is -0.139. The minimum atomic E-state index is -0.663. The van der Waals surface area contributed by atoms with Gasteiger partial charge in [-0.05, 0) is 58.8 Å². The fourth-order valence-corrected chi connectivity index (χ4v) is 4.53. The van der Waals surface area contributed by atoms with Crippen molar-refractivity contribution in [3.8, 4) is 0 Å². The van der Waals surface area contributed by atoms with Gasteiger partial charge in [0.25, 0.3) is 0 Å². The largest absolute Gasteiger partial charge is 0.466 e. The number of ether oxygens (including phenoxy) is 3. The Morgan fingerprint density at radius 1 is 0.900 bits per heavy atom. The second-order valence-electron chi connectivity index (χ2n) is 8.20. The fourth-order valence-electron chi connectivity index (χ4n) is 4.53. The van der Waals surface area contributed by atoms with Crippen molar-refractivity contribution >= 4 is 11.9 Å². The molecule has 30 heavy (non-hydrogen) atoms. The van der Waals surface area contributed by atoms with Crippen molar-refractivity contribution < 1.29 is 23.8 Å². The summed E-state index contributed by atoms with van der Waals surface area (Å²) >= 11 is 0. The molecule has 0 aromatic carbocycles. The van der Waals surface area contributed by atoms with Crippen LogP contribution < -0.4 is 0 Å². The standard InChI is InChI=1S/C25H26O5/c1-12(2)15-9-7-14(4)18-17(11-15)13(3)8-10-16-19(18)23-21(25(27)29-6)20(22(16)30-23)24(26)28-5/h7-12,22-23H,1-6H3/t22-,23+/m1/s1. The molecule has 4 aliphatic rings. The molecule has 0 spiro atoms. The molecular formula is C25H26O5. The minimum absolute atomic E-state index is 0.236.